The maximum atomic E-state index is 13.2. The number of aromatic nitrogens is 2. The maximum absolute atomic E-state index is 13.2. The zero-order valence-electron chi connectivity index (χ0n) is 17.1. The van der Waals surface area contributed by atoms with Gasteiger partial charge in [0.15, 0.2) is 11.4 Å². The smallest absolute Gasteiger partial charge is 0.434 e. The molecule has 0 fully saturated rings. The van der Waals surface area contributed by atoms with Crippen molar-refractivity contribution in [2.75, 3.05) is 11.9 Å². The normalized spacial score (nSPS) is 11.5. The molecule has 0 aliphatic rings. The molecule has 0 aromatic carbocycles. The standard InChI is InChI=1S/C18H19BrF3N3O5S/c1-6-29-17(28)12-8(4)9(16(27)30-7(2)3)15(31-12)23-14(26)11-10(19)13(18(20,21)22)25(5)24-11/h7H,6H2,1-5H3,(H,23,26). The summed E-state index contributed by atoms with van der Waals surface area (Å²) in [4.78, 5) is 37.5. The Morgan fingerprint density at radius 3 is 2.35 bits per heavy atom. The van der Waals surface area contributed by atoms with Crippen molar-refractivity contribution < 1.29 is 37.0 Å². The van der Waals surface area contributed by atoms with Gasteiger partial charge in [0.25, 0.3) is 5.91 Å². The minimum absolute atomic E-state index is 0.0592. The third-order valence-corrected chi connectivity index (χ3v) is 5.79. The minimum atomic E-state index is -4.75. The summed E-state index contributed by atoms with van der Waals surface area (Å²) in [6.07, 6.45) is -5.23. The number of anilines is 1. The van der Waals surface area contributed by atoms with Crippen molar-refractivity contribution in [3.05, 3.63) is 31.9 Å². The third kappa shape index (κ3) is 5.26. The van der Waals surface area contributed by atoms with Crippen LogP contribution >= 0.6 is 27.3 Å². The first-order valence-electron chi connectivity index (χ1n) is 8.92. The molecule has 1 amide bonds. The van der Waals surface area contributed by atoms with Crippen LogP contribution in [0.25, 0.3) is 0 Å². The molecule has 2 aromatic heterocycles. The molecule has 2 aromatic rings. The van der Waals surface area contributed by atoms with Gasteiger partial charge in [-0.05, 0) is 49.2 Å². The van der Waals surface area contributed by atoms with E-state index in [2.05, 4.69) is 26.3 Å². The number of hydrogen-bond acceptors (Lipinski definition) is 7. The number of nitrogens with zero attached hydrogens (tertiary/aromatic N) is 2. The van der Waals surface area contributed by atoms with Crippen LogP contribution in [0.1, 0.15) is 62.5 Å². The first-order chi connectivity index (χ1) is 14.3. The molecule has 0 unspecified atom stereocenters. The zero-order valence-corrected chi connectivity index (χ0v) is 19.5. The summed E-state index contributed by atoms with van der Waals surface area (Å²) in [5.74, 6) is -2.51. The molecule has 0 radical (unpaired) electrons. The lowest BCUT2D eigenvalue weighted by molar-refractivity contribution is -0.144. The van der Waals surface area contributed by atoms with E-state index in [0.717, 1.165) is 18.4 Å². The average molecular weight is 526 g/mol. The molecule has 0 atom stereocenters. The van der Waals surface area contributed by atoms with Crippen molar-refractivity contribution in [2.24, 2.45) is 7.05 Å². The van der Waals surface area contributed by atoms with Gasteiger partial charge in [0.1, 0.15) is 9.88 Å². The molecule has 0 aliphatic carbocycles. The van der Waals surface area contributed by atoms with Crippen LogP contribution in [0.2, 0.25) is 0 Å². The number of hydrogen-bond donors (Lipinski definition) is 1. The molecule has 170 valence electrons. The summed E-state index contributed by atoms with van der Waals surface area (Å²) < 4.78 is 49.7. The number of rotatable bonds is 6. The topological polar surface area (TPSA) is 99.5 Å². The highest BCUT2D eigenvalue weighted by Crippen LogP contribution is 2.38. The monoisotopic (exact) mass is 525 g/mol. The van der Waals surface area contributed by atoms with Crippen molar-refractivity contribution in [3.63, 3.8) is 0 Å². The van der Waals surface area contributed by atoms with Gasteiger partial charge in [-0.25, -0.2) is 9.59 Å². The van der Waals surface area contributed by atoms with Gasteiger partial charge < -0.3 is 14.8 Å². The van der Waals surface area contributed by atoms with Crippen LogP contribution in [-0.4, -0.2) is 40.3 Å². The van der Waals surface area contributed by atoms with Crippen molar-refractivity contribution >= 4 is 50.1 Å². The molecule has 0 bridgehead atoms. The molecule has 8 nitrogen and oxygen atoms in total. The average Bonchev–Trinajstić information content (AvgIpc) is 3.10. The second-order valence-electron chi connectivity index (χ2n) is 6.52. The van der Waals surface area contributed by atoms with Crippen LogP contribution in [-0.2, 0) is 22.7 Å². The molecule has 2 rings (SSSR count). The van der Waals surface area contributed by atoms with Gasteiger partial charge in [-0.3, -0.25) is 9.48 Å². The summed E-state index contributed by atoms with van der Waals surface area (Å²) in [6.45, 7) is 6.41. The highest BCUT2D eigenvalue weighted by atomic mass is 79.9. The summed E-state index contributed by atoms with van der Waals surface area (Å²) in [7, 11) is 1.05. The van der Waals surface area contributed by atoms with Crippen molar-refractivity contribution in [3.8, 4) is 0 Å². The Morgan fingerprint density at radius 2 is 1.87 bits per heavy atom. The van der Waals surface area contributed by atoms with Gasteiger partial charge in [-0.1, -0.05) is 0 Å². The fraction of sp³-hybridized carbons (Fsp3) is 0.444. The Labute approximate surface area is 187 Å². The van der Waals surface area contributed by atoms with Crippen LogP contribution in [0.3, 0.4) is 0 Å². The molecule has 0 saturated carbocycles. The molecule has 13 heteroatoms. The van der Waals surface area contributed by atoms with Gasteiger partial charge in [0.2, 0.25) is 0 Å². The number of halogens is 4. The first-order valence-corrected chi connectivity index (χ1v) is 10.5. The Kier molecular flexibility index (Phi) is 7.53. The van der Waals surface area contributed by atoms with Gasteiger partial charge in [-0.15, -0.1) is 11.3 Å². The predicted molar refractivity (Wildman–Crippen MR) is 109 cm³/mol. The summed E-state index contributed by atoms with van der Waals surface area (Å²) in [5.41, 5.74) is -1.55. The van der Waals surface area contributed by atoms with E-state index in [1.807, 2.05) is 0 Å². The highest BCUT2D eigenvalue weighted by Gasteiger charge is 2.40. The molecular weight excluding hydrogens is 507 g/mol. The first kappa shape index (κ1) is 24.9. The van der Waals surface area contributed by atoms with E-state index in [4.69, 9.17) is 9.47 Å². The minimum Gasteiger partial charge on any atom is -0.462 e. The lowest BCUT2D eigenvalue weighted by atomic mass is 10.1. The number of carbonyl (C=O) groups excluding carboxylic acids is 3. The predicted octanol–water partition coefficient (Wildman–Crippen LogP) is 4.57. The third-order valence-electron chi connectivity index (χ3n) is 3.85. The molecule has 1 N–H and O–H groups in total. The number of alkyl halides is 3. The molecule has 0 spiro atoms. The lowest BCUT2D eigenvalue weighted by Crippen LogP contribution is -2.17. The van der Waals surface area contributed by atoms with Crippen LogP contribution in [0, 0.1) is 6.92 Å². The maximum Gasteiger partial charge on any atom is 0.434 e. The molecule has 0 saturated heterocycles. The number of thiophene rings is 1. The van der Waals surface area contributed by atoms with E-state index in [0.29, 0.717) is 4.68 Å². The largest absolute Gasteiger partial charge is 0.462 e. The molecule has 0 aliphatic heterocycles. The van der Waals surface area contributed by atoms with E-state index < -0.39 is 46.0 Å². The Hall–Kier alpha value is -2.41. The summed E-state index contributed by atoms with van der Waals surface area (Å²) in [5, 5.41) is 5.93. The van der Waals surface area contributed by atoms with E-state index in [-0.39, 0.29) is 27.6 Å². The zero-order chi connectivity index (χ0) is 23.7. The number of carbonyl (C=O) groups is 3. The Balaban J connectivity index is 2.51. The highest BCUT2D eigenvalue weighted by molar-refractivity contribution is 9.10. The van der Waals surface area contributed by atoms with E-state index in [1.54, 1.807) is 20.8 Å². The quantitative estimate of drug-likeness (QED) is 0.554. The summed E-state index contributed by atoms with van der Waals surface area (Å²) in [6, 6.07) is 0. The van der Waals surface area contributed by atoms with Gasteiger partial charge in [0, 0.05) is 7.05 Å². The molecular formula is C18H19BrF3N3O5S. The van der Waals surface area contributed by atoms with Crippen LogP contribution < -0.4 is 5.32 Å². The lowest BCUT2D eigenvalue weighted by Gasteiger charge is -2.10. The fourth-order valence-corrected chi connectivity index (χ4v) is 4.45. The molecule has 2 heterocycles. The second kappa shape index (κ2) is 9.39. The molecule has 31 heavy (non-hydrogen) atoms. The number of ether oxygens (including phenoxy) is 2. The van der Waals surface area contributed by atoms with E-state index in [1.165, 1.54) is 6.92 Å². The number of aryl methyl sites for hydroxylation is 1. The number of amides is 1. The van der Waals surface area contributed by atoms with Crippen molar-refractivity contribution in [1.29, 1.82) is 0 Å². The van der Waals surface area contributed by atoms with Crippen molar-refractivity contribution in [2.45, 2.75) is 40.0 Å². The van der Waals surface area contributed by atoms with Crippen LogP contribution in [0.15, 0.2) is 4.47 Å². The van der Waals surface area contributed by atoms with Crippen LogP contribution in [0.5, 0.6) is 0 Å². The second-order valence-corrected chi connectivity index (χ2v) is 8.34. The fourth-order valence-electron chi connectivity index (χ4n) is 2.63. The SMILES string of the molecule is CCOC(=O)c1sc(NC(=O)c2nn(C)c(C(F)(F)F)c2Br)c(C(=O)OC(C)C)c1C. The van der Waals surface area contributed by atoms with Crippen molar-refractivity contribution in [1.82, 2.24) is 9.78 Å². The van der Waals surface area contributed by atoms with E-state index in [9.17, 15) is 27.6 Å². The van der Waals surface area contributed by atoms with Gasteiger partial charge in [0.05, 0.1) is 22.7 Å². The Bertz CT molecular complexity index is 1030. The number of esters is 2. The van der Waals surface area contributed by atoms with Gasteiger partial charge in [-0.2, -0.15) is 18.3 Å². The Morgan fingerprint density at radius 1 is 1.26 bits per heavy atom. The number of nitrogens with one attached hydrogen (secondary N) is 1. The van der Waals surface area contributed by atoms with Crippen LogP contribution in [0.4, 0.5) is 18.2 Å². The summed E-state index contributed by atoms with van der Waals surface area (Å²) >= 11 is 3.52. The van der Waals surface area contributed by atoms with E-state index >= 15 is 0 Å². The van der Waals surface area contributed by atoms with Gasteiger partial charge >= 0.3 is 18.1 Å².